The topological polar surface area (TPSA) is 190 Å². The first-order chi connectivity index (χ1) is 17.7. The molecule has 0 aromatic carbocycles. The number of aryl methyl sites for hydroxylation is 1. The molecule has 0 aliphatic carbocycles. The Morgan fingerprint density at radius 2 is 2.03 bits per heavy atom. The lowest BCUT2D eigenvalue weighted by Crippen LogP contribution is -2.41. The van der Waals surface area contributed by atoms with Gasteiger partial charge < -0.3 is 32.9 Å². The molecule has 1 aliphatic rings. The van der Waals surface area contributed by atoms with E-state index in [9.17, 15) is 23.9 Å². The molecule has 38 heavy (non-hydrogen) atoms. The summed E-state index contributed by atoms with van der Waals surface area (Å²) in [5.41, 5.74) is -2.12. The van der Waals surface area contributed by atoms with Crippen LogP contribution in [-0.4, -0.2) is 60.8 Å². The number of aromatic nitrogens is 4. The van der Waals surface area contributed by atoms with Gasteiger partial charge in [-0.15, -0.1) is 0 Å². The number of rotatable bonds is 6. The predicted molar refractivity (Wildman–Crippen MR) is 122 cm³/mol. The fourth-order valence-electron chi connectivity index (χ4n) is 3.64. The van der Waals surface area contributed by atoms with Crippen LogP contribution < -0.4 is 11.1 Å². The number of aliphatic hydroxyl groups is 1. The highest BCUT2D eigenvalue weighted by Crippen LogP contribution is 2.38. The molecule has 4 heterocycles. The van der Waals surface area contributed by atoms with E-state index >= 15 is 0 Å². The maximum atomic E-state index is 14.2. The van der Waals surface area contributed by atoms with Crippen LogP contribution in [-0.2, 0) is 25.6 Å². The molecular weight excluding hydrogens is 513 g/mol. The summed E-state index contributed by atoms with van der Waals surface area (Å²) in [5, 5.41) is 13.0. The van der Waals surface area contributed by atoms with E-state index in [-0.39, 0.29) is 34.9 Å². The number of amides is 1. The van der Waals surface area contributed by atoms with Crippen LogP contribution in [0.1, 0.15) is 51.9 Å². The first kappa shape index (κ1) is 27.0. The van der Waals surface area contributed by atoms with Crippen LogP contribution in [0.25, 0.3) is 11.2 Å². The highest BCUT2D eigenvalue weighted by Gasteiger charge is 2.47. The number of imidazole rings is 1. The zero-order valence-electron chi connectivity index (χ0n) is 21.1. The molecular formula is C22H26FN5O10. The van der Waals surface area contributed by atoms with E-state index in [1.54, 1.807) is 20.8 Å². The van der Waals surface area contributed by atoms with Gasteiger partial charge in [0, 0.05) is 6.42 Å². The maximum Gasteiger partial charge on any atom is 0.519 e. The minimum atomic E-state index is -1.37. The van der Waals surface area contributed by atoms with Crippen molar-refractivity contribution in [2.24, 2.45) is 0 Å². The van der Waals surface area contributed by atoms with E-state index in [1.165, 1.54) is 24.7 Å². The van der Waals surface area contributed by atoms with Crippen molar-refractivity contribution < 1.29 is 46.9 Å². The summed E-state index contributed by atoms with van der Waals surface area (Å²) in [6.45, 7) is 7.17. The Bertz CT molecular complexity index is 1410. The van der Waals surface area contributed by atoms with E-state index in [4.69, 9.17) is 23.4 Å². The van der Waals surface area contributed by atoms with Gasteiger partial charge in [0.05, 0.1) is 12.4 Å². The lowest BCUT2D eigenvalue weighted by Gasteiger charge is -2.26. The Morgan fingerprint density at radius 3 is 2.68 bits per heavy atom. The van der Waals surface area contributed by atoms with E-state index < -0.39 is 60.9 Å². The van der Waals surface area contributed by atoms with Crippen LogP contribution in [0.3, 0.4) is 0 Å². The molecule has 0 unspecified atom stereocenters. The molecule has 0 saturated carbocycles. The highest BCUT2D eigenvalue weighted by atomic mass is 19.1. The van der Waals surface area contributed by atoms with Crippen molar-refractivity contribution in [2.75, 3.05) is 11.9 Å². The minimum Gasteiger partial charge on any atom is -0.444 e. The Labute approximate surface area is 213 Å². The second kappa shape index (κ2) is 10.0. The lowest BCUT2D eigenvalue weighted by atomic mass is 10.0. The quantitative estimate of drug-likeness (QED) is 0.343. The van der Waals surface area contributed by atoms with Crippen LogP contribution in [0.2, 0.25) is 0 Å². The number of halogens is 1. The van der Waals surface area contributed by atoms with Crippen molar-refractivity contribution in [2.45, 2.75) is 71.2 Å². The molecule has 15 nitrogen and oxygen atoms in total. The maximum absolute atomic E-state index is 14.2. The normalized spacial score (nSPS) is 21.4. The average Bonchev–Trinajstić information content (AvgIpc) is 3.44. The number of carbonyl (C=O) groups excluding carboxylic acids is 2. The van der Waals surface area contributed by atoms with Crippen molar-refractivity contribution >= 4 is 29.2 Å². The van der Waals surface area contributed by atoms with Crippen LogP contribution in [0.15, 0.2) is 20.0 Å². The molecule has 0 bridgehead atoms. The summed E-state index contributed by atoms with van der Waals surface area (Å²) < 4.78 is 46.1. The smallest absolute Gasteiger partial charge is 0.444 e. The Kier molecular flexibility index (Phi) is 7.12. The lowest BCUT2D eigenvalue weighted by molar-refractivity contribution is -0.122. The number of hydrogen-bond donors (Lipinski definition) is 2. The molecule has 206 valence electrons. The molecule has 2 N–H and O–H groups in total. The number of fused-ring (bicyclic) bond motifs is 1. The van der Waals surface area contributed by atoms with E-state index in [0.717, 1.165) is 0 Å². The van der Waals surface area contributed by atoms with Crippen molar-refractivity contribution in [3.8, 4) is 0 Å². The Balaban J connectivity index is 1.43. The van der Waals surface area contributed by atoms with Crippen molar-refractivity contribution in [3.63, 3.8) is 0 Å². The fraction of sp³-hybridized carbons (Fsp3) is 0.545. The Morgan fingerprint density at radius 1 is 1.29 bits per heavy atom. The summed E-state index contributed by atoms with van der Waals surface area (Å²) in [6, 6.07) is 0. The van der Waals surface area contributed by atoms with Gasteiger partial charge in [0.2, 0.25) is 0 Å². The number of nitrogens with one attached hydrogen (secondary N) is 1. The van der Waals surface area contributed by atoms with Gasteiger partial charge in [-0.3, -0.25) is 9.88 Å². The second-order valence-electron chi connectivity index (χ2n) is 9.69. The molecule has 1 saturated heterocycles. The van der Waals surface area contributed by atoms with Crippen LogP contribution >= 0.6 is 0 Å². The summed E-state index contributed by atoms with van der Waals surface area (Å²) in [7, 11) is 0. The van der Waals surface area contributed by atoms with Gasteiger partial charge in [-0.2, -0.15) is 14.4 Å². The number of nitrogens with zero attached hydrogens (tertiary/aromatic N) is 4. The van der Waals surface area contributed by atoms with E-state index in [2.05, 4.69) is 24.7 Å². The van der Waals surface area contributed by atoms with Crippen LogP contribution in [0.4, 0.5) is 19.8 Å². The minimum absolute atomic E-state index is 0.0117. The molecule has 3 atom stereocenters. The van der Waals surface area contributed by atoms with Crippen molar-refractivity contribution in [1.29, 1.82) is 0 Å². The summed E-state index contributed by atoms with van der Waals surface area (Å²) >= 11 is 0. The van der Waals surface area contributed by atoms with Gasteiger partial charge in [0.1, 0.15) is 24.0 Å². The summed E-state index contributed by atoms with van der Waals surface area (Å²) in [4.78, 5) is 46.8. The monoisotopic (exact) mass is 539 g/mol. The number of ether oxygens (including phenoxy) is 4. The van der Waals surface area contributed by atoms with Crippen molar-refractivity contribution in [3.05, 3.63) is 34.5 Å². The molecule has 1 amide bonds. The molecule has 1 fully saturated rings. The SMILES string of the molecule is Cc1oc(=O)oc1COC(=O)OC[C@@]1(C)O[C@@H](n2cnc3c(NC(=O)OC(C)(C)C)nc(F)nc32)C[C@@H]1O. The third kappa shape index (κ3) is 5.91. The van der Waals surface area contributed by atoms with Gasteiger partial charge in [0.15, 0.2) is 35.1 Å². The molecule has 0 radical (unpaired) electrons. The fourth-order valence-corrected chi connectivity index (χ4v) is 3.64. The van der Waals surface area contributed by atoms with E-state index in [0.29, 0.717) is 0 Å². The van der Waals surface area contributed by atoms with Gasteiger partial charge >= 0.3 is 24.1 Å². The van der Waals surface area contributed by atoms with Gasteiger partial charge in [-0.25, -0.2) is 19.4 Å². The molecule has 0 spiro atoms. The largest absolute Gasteiger partial charge is 0.519 e. The number of carbonyl (C=O) groups is 2. The first-order valence-electron chi connectivity index (χ1n) is 11.4. The van der Waals surface area contributed by atoms with Gasteiger partial charge in [-0.1, -0.05) is 0 Å². The molecule has 16 heteroatoms. The zero-order valence-corrected chi connectivity index (χ0v) is 21.1. The molecule has 3 aromatic rings. The zero-order chi connectivity index (χ0) is 27.8. The molecule has 4 rings (SSSR count). The van der Waals surface area contributed by atoms with Crippen molar-refractivity contribution in [1.82, 2.24) is 19.5 Å². The average molecular weight is 539 g/mol. The summed E-state index contributed by atoms with van der Waals surface area (Å²) in [5.74, 6) is -0.960. The van der Waals surface area contributed by atoms with E-state index in [1.807, 2.05) is 0 Å². The van der Waals surface area contributed by atoms with Crippen LogP contribution in [0.5, 0.6) is 0 Å². The first-order valence-corrected chi connectivity index (χ1v) is 11.4. The summed E-state index contributed by atoms with van der Waals surface area (Å²) in [6.07, 6.45) is -3.79. The third-order valence-electron chi connectivity index (χ3n) is 5.49. The third-order valence-corrected chi connectivity index (χ3v) is 5.49. The standard InChI is InChI=1S/C22H26FN5O10/c1-10-11(36-20(32)35-10)7-33-19(31)34-8-22(5)12(29)6-13(37-22)28-9-24-14-15(25-17(23)27-16(14)28)26-18(30)38-21(2,3)4/h9,12-13,29H,6-8H2,1-5H3,(H,25,26,27,30)/t12-,13+,22+/m0/s1. The predicted octanol–water partition coefficient (Wildman–Crippen LogP) is 2.56. The number of aliphatic hydroxyl groups excluding tert-OH is 1. The second-order valence-corrected chi connectivity index (χ2v) is 9.69. The number of anilines is 1. The molecule has 1 aliphatic heterocycles. The molecule has 3 aromatic heterocycles. The van der Waals surface area contributed by atoms with Gasteiger partial charge in [0.25, 0.3) is 0 Å². The Hall–Kier alpha value is -4.05. The number of hydrogen-bond acceptors (Lipinski definition) is 13. The van der Waals surface area contributed by atoms with Gasteiger partial charge in [-0.05, 0) is 34.6 Å². The highest BCUT2D eigenvalue weighted by molar-refractivity contribution is 5.93. The van der Waals surface area contributed by atoms with Crippen LogP contribution in [0, 0.1) is 13.0 Å².